The third-order valence-corrected chi connectivity index (χ3v) is 8.17. The molecule has 1 aliphatic carbocycles. The Kier molecular flexibility index (Phi) is 7.61. The van der Waals surface area contributed by atoms with E-state index in [-0.39, 0.29) is 35.6 Å². The number of aliphatic hydroxyl groups excluding tert-OH is 1. The van der Waals surface area contributed by atoms with E-state index >= 15 is 0 Å². The average molecular weight is 512 g/mol. The Labute approximate surface area is 215 Å². The number of carbonyl (C=O) groups is 3. The maximum atomic E-state index is 13.6. The normalized spacial score (nSPS) is 20.4. The molecule has 4 rings (SSSR count). The second kappa shape index (κ2) is 10.5. The highest BCUT2D eigenvalue weighted by molar-refractivity contribution is 8.00. The Morgan fingerprint density at radius 3 is 2.47 bits per heavy atom. The van der Waals surface area contributed by atoms with E-state index in [9.17, 15) is 24.6 Å². The zero-order valence-corrected chi connectivity index (χ0v) is 21.5. The van der Waals surface area contributed by atoms with Crippen LogP contribution >= 0.6 is 11.8 Å². The van der Waals surface area contributed by atoms with Crippen LogP contribution in [-0.2, 0) is 16.0 Å². The third-order valence-electron chi connectivity index (χ3n) is 6.80. The Bertz CT molecular complexity index is 1140. The van der Waals surface area contributed by atoms with Gasteiger partial charge in [0.05, 0.1) is 11.9 Å². The van der Waals surface area contributed by atoms with E-state index in [4.69, 9.17) is 0 Å². The Hall–Kier alpha value is -3.04. The molecule has 36 heavy (non-hydrogen) atoms. The number of nitrogens with one attached hydrogen (secondary N) is 2. The largest absolute Gasteiger partial charge is 0.508 e. The number of benzene rings is 2. The monoisotopic (exact) mass is 511 g/mol. The maximum absolute atomic E-state index is 13.6. The van der Waals surface area contributed by atoms with E-state index in [1.54, 1.807) is 19.1 Å². The average Bonchev–Trinajstić information content (AvgIpc) is 3.60. The minimum absolute atomic E-state index is 0.0141. The lowest BCUT2D eigenvalue weighted by Gasteiger charge is -2.33. The first-order valence-electron chi connectivity index (χ1n) is 12.1. The SMILES string of the molecule is Cc1c(O)cccc1C(=O)NC(Cc1ccccc1)C(O)C(=O)N1CSC(C)(C)C1C(=O)NC1CC1. The standard InChI is InChI=1S/C27H33N3O5S/c1-16-19(10-7-11-21(16)31)24(33)29-20(14-17-8-5-4-6-9-17)22(32)26(35)30-15-36-27(2,3)23(30)25(34)28-18-12-13-18/h4-11,18,20,22-23,31-32H,12-15H2,1-3H3,(H,28,34)(H,29,33). The first-order chi connectivity index (χ1) is 17.1. The van der Waals surface area contributed by atoms with Crippen molar-refractivity contribution in [1.29, 1.82) is 0 Å². The van der Waals surface area contributed by atoms with Gasteiger partial charge >= 0.3 is 0 Å². The van der Waals surface area contributed by atoms with Crippen LogP contribution in [0.3, 0.4) is 0 Å². The number of amides is 3. The fourth-order valence-electron chi connectivity index (χ4n) is 4.49. The second-order valence-corrected chi connectivity index (χ2v) is 11.6. The quantitative estimate of drug-likeness (QED) is 0.432. The van der Waals surface area contributed by atoms with Gasteiger partial charge in [0, 0.05) is 21.9 Å². The molecule has 8 nitrogen and oxygen atoms in total. The zero-order chi connectivity index (χ0) is 26.0. The summed E-state index contributed by atoms with van der Waals surface area (Å²) in [7, 11) is 0. The Balaban J connectivity index is 1.58. The molecule has 1 saturated heterocycles. The molecule has 2 fully saturated rings. The molecule has 1 heterocycles. The van der Waals surface area contributed by atoms with Gasteiger partial charge in [0.25, 0.3) is 11.8 Å². The molecule has 4 N–H and O–H groups in total. The van der Waals surface area contributed by atoms with Gasteiger partial charge in [0.2, 0.25) is 5.91 Å². The third kappa shape index (κ3) is 5.68. The number of thioether (sulfide) groups is 1. The minimum atomic E-state index is -1.57. The van der Waals surface area contributed by atoms with Crippen molar-refractivity contribution in [2.45, 2.75) is 69.0 Å². The van der Waals surface area contributed by atoms with Crippen LogP contribution in [0.5, 0.6) is 5.75 Å². The predicted octanol–water partition coefficient (Wildman–Crippen LogP) is 2.36. The number of nitrogens with zero attached hydrogens (tertiary/aromatic N) is 1. The summed E-state index contributed by atoms with van der Waals surface area (Å²) in [6, 6.07) is 12.4. The van der Waals surface area contributed by atoms with Gasteiger partial charge in [0.15, 0.2) is 6.10 Å². The summed E-state index contributed by atoms with van der Waals surface area (Å²) < 4.78 is -0.523. The van der Waals surface area contributed by atoms with E-state index in [2.05, 4.69) is 10.6 Å². The summed E-state index contributed by atoms with van der Waals surface area (Å²) in [5, 5.41) is 27.1. The van der Waals surface area contributed by atoms with E-state index < -0.39 is 34.7 Å². The van der Waals surface area contributed by atoms with Crippen molar-refractivity contribution in [3.8, 4) is 5.75 Å². The summed E-state index contributed by atoms with van der Waals surface area (Å²) in [4.78, 5) is 41.2. The molecule has 2 aromatic carbocycles. The first kappa shape index (κ1) is 26.0. The highest BCUT2D eigenvalue weighted by atomic mass is 32.2. The zero-order valence-electron chi connectivity index (χ0n) is 20.7. The summed E-state index contributed by atoms with van der Waals surface area (Å²) >= 11 is 1.49. The maximum Gasteiger partial charge on any atom is 0.254 e. The van der Waals surface area contributed by atoms with E-state index in [1.807, 2.05) is 44.2 Å². The molecule has 1 aliphatic heterocycles. The van der Waals surface area contributed by atoms with Gasteiger partial charge < -0.3 is 25.7 Å². The molecule has 2 aliphatic rings. The van der Waals surface area contributed by atoms with E-state index in [0.29, 0.717) is 5.56 Å². The van der Waals surface area contributed by atoms with Crippen LogP contribution in [0, 0.1) is 6.92 Å². The van der Waals surface area contributed by atoms with Gasteiger partial charge in [-0.3, -0.25) is 14.4 Å². The molecule has 0 bridgehead atoms. The molecular weight excluding hydrogens is 478 g/mol. The highest BCUT2D eigenvalue weighted by Crippen LogP contribution is 2.40. The van der Waals surface area contributed by atoms with Crippen LogP contribution in [0.25, 0.3) is 0 Å². The van der Waals surface area contributed by atoms with Crippen LogP contribution in [0.1, 0.15) is 48.2 Å². The number of hydrogen-bond acceptors (Lipinski definition) is 6. The van der Waals surface area contributed by atoms with Crippen LogP contribution < -0.4 is 10.6 Å². The van der Waals surface area contributed by atoms with Crippen molar-refractivity contribution in [3.63, 3.8) is 0 Å². The summed E-state index contributed by atoms with van der Waals surface area (Å²) in [6.45, 7) is 5.47. The van der Waals surface area contributed by atoms with Crippen molar-refractivity contribution in [2.24, 2.45) is 0 Å². The van der Waals surface area contributed by atoms with Crippen LogP contribution in [0.15, 0.2) is 48.5 Å². The molecule has 2 aromatic rings. The molecule has 0 radical (unpaired) electrons. The van der Waals surface area contributed by atoms with Crippen molar-refractivity contribution in [3.05, 3.63) is 65.2 Å². The molecule has 3 unspecified atom stereocenters. The minimum Gasteiger partial charge on any atom is -0.508 e. The highest BCUT2D eigenvalue weighted by Gasteiger charge is 2.50. The van der Waals surface area contributed by atoms with Gasteiger partial charge in [-0.1, -0.05) is 36.4 Å². The molecule has 3 amide bonds. The van der Waals surface area contributed by atoms with Gasteiger partial charge in [-0.15, -0.1) is 11.8 Å². The molecule has 9 heteroatoms. The number of hydrogen-bond donors (Lipinski definition) is 4. The van der Waals surface area contributed by atoms with Crippen LogP contribution in [0.4, 0.5) is 0 Å². The van der Waals surface area contributed by atoms with Crippen molar-refractivity contribution < 1.29 is 24.6 Å². The number of rotatable bonds is 8. The first-order valence-corrected chi connectivity index (χ1v) is 13.1. The molecule has 192 valence electrons. The van der Waals surface area contributed by atoms with Gasteiger partial charge in [0.1, 0.15) is 11.8 Å². The van der Waals surface area contributed by atoms with Crippen molar-refractivity contribution in [2.75, 3.05) is 5.88 Å². The Morgan fingerprint density at radius 1 is 1.11 bits per heavy atom. The number of carbonyl (C=O) groups excluding carboxylic acids is 3. The van der Waals surface area contributed by atoms with Crippen molar-refractivity contribution >= 4 is 29.5 Å². The lowest BCUT2D eigenvalue weighted by atomic mass is 9.96. The van der Waals surface area contributed by atoms with E-state index in [0.717, 1.165) is 18.4 Å². The number of aliphatic hydroxyl groups is 1. The van der Waals surface area contributed by atoms with Crippen LogP contribution in [-0.4, -0.2) is 67.7 Å². The molecule has 3 atom stereocenters. The fraction of sp³-hybridized carbons (Fsp3) is 0.444. The number of phenols is 1. The lowest BCUT2D eigenvalue weighted by Crippen LogP contribution is -2.59. The number of phenolic OH excluding ortho intramolecular Hbond substituents is 1. The topological polar surface area (TPSA) is 119 Å². The summed E-state index contributed by atoms with van der Waals surface area (Å²) in [5.41, 5.74) is 1.50. The fourth-order valence-corrected chi connectivity index (χ4v) is 5.63. The summed E-state index contributed by atoms with van der Waals surface area (Å²) in [5.74, 6) is -1.07. The van der Waals surface area contributed by atoms with Crippen LogP contribution in [0.2, 0.25) is 0 Å². The molecule has 1 saturated carbocycles. The molecular formula is C27H33N3O5S. The summed E-state index contributed by atoms with van der Waals surface area (Å²) in [6.07, 6.45) is 0.503. The Morgan fingerprint density at radius 2 is 1.81 bits per heavy atom. The molecule has 0 spiro atoms. The van der Waals surface area contributed by atoms with Gasteiger partial charge in [-0.2, -0.15) is 0 Å². The van der Waals surface area contributed by atoms with Gasteiger partial charge in [-0.25, -0.2) is 0 Å². The second-order valence-electron chi connectivity index (χ2n) is 10.0. The lowest BCUT2D eigenvalue weighted by molar-refractivity contribution is -0.147. The van der Waals surface area contributed by atoms with E-state index in [1.165, 1.54) is 22.7 Å². The molecule has 0 aromatic heterocycles. The van der Waals surface area contributed by atoms with Gasteiger partial charge in [-0.05, 0) is 57.7 Å². The smallest absolute Gasteiger partial charge is 0.254 e. The predicted molar refractivity (Wildman–Crippen MR) is 139 cm³/mol. The van der Waals surface area contributed by atoms with Crippen molar-refractivity contribution in [1.82, 2.24) is 15.5 Å². The number of aromatic hydroxyl groups is 1.